The van der Waals surface area contributed by atoms with Gasteiger partial charge in [-0.25, -0.2) is 9.59 Å². The average Bonchev–Trinajstić information content (AvgIpc) is 2.30. The molecule has 1 aliphatic rings. The van der Waals surface area contributed by atoms with Crippen molar-refractivity contribution >= 4 is 46.5 Å². The zero-order chi connectivity index (χ0) is 11.1. The minimum Gasteiger partial charge on any atom is -0.433 e. The summed E-state index contributed by atoms with van der Waals surface area (Å²) in [6, 6.07) is -1.51. The van der Waals surface area contributed by atoms with Gasteiger partial charge < -0.3 is 19.7 Å². The molecule has 5 N–H and O–H groups in total. The zero-order valence-corrected chi connectivity index (χ0v) is 8.65. The van der Waals surface area contributed by atoms with Crippen molar-refractivity contribution < 1.29 is 17.7 Å². The second-order valence-electron chi connectivity index (χ2n) is 1.99. The second-order valence-corrected chi connectivity index (χ2v) is 2.71. The fourth-order valence-corrected chi connectivity index (χ4v) is 0.661. The van der Waals surface area contributed by atoms with Crippen LogP contribution in [0.4, 0.5) is 9.59 Å². The number of hydrogen-bond donors (Lipinski definition) is 4. The van der Waals surface area contributed by atoms with Crippen LogP contribution in [0.5, 0.6) is 0 Å². The molecular formula is C4H6AlClN4O4. The summed E-state index contributed by atoms with van der Waals surface area (Å²) in [5.74, 6) is -0.617. The summed E-state index contributed by atoms with van der Waals surface area (Å²) in [5, 5.41) is 6.05. The van der Waals surface area contributed by atoms with E-state index in [2.05, 4.69) is 20.5 Å². The third kappa shape index (κ3) is 4.88. The molecule has 10 heteroatoms. The highest BCUT2D eigenvalue weighted by Crippen LogP contribution is 1.86. The first-order valence-corrected chi connectivity index (χ1v) is 3.94. The second kappa shape index (κ2) is 6.45. The number of imide groups is 1. The van der Waals surface area contributed by atoms with E-state index in [4.69, 9.17) is 5.73 Å². The fraction of sp³-hybridized carbons (Fsp3) is 0.250. The molecule has 0 aromatic carbocycles. The maximum absolute atomic E-state index is 10.7. The third-order valence-corrected chi connectivity index (χ3v) is 1.06. The van der Waals surface area contributed by atoms with E-state index in [1.165, 1.54) is 0 Å². The Hall–Kier alpha value is -1.01. The molecule has 8 nitrogen and oxygen atoms in total. The monoisotopic (exact) mass is 236 g/mol. The Morgan fingerprint density at radius 1 is 1.64 bits per heavy atom. The van der Waals surface area contributed by atoms with E-state index in [1.54, 1.807) is 0 Å². The molecule has 76 valence electrons. The van der Waals surface area contributed by atoms with Gasteiger partial charge in [-0.1, -0.05) is 0 Å². The summed E-state index contributed by atoms with van der Waals surface area (Å²) >= 11 is 6.31. The first kappa shape index (κ1) is 13.0. The summed E-state index contributed by atoms with van der Waals surface area (Å²) in [4.78, 5) is 31.3. The lowest BCUT2D eigenvalue weighted by atomic mass is 10.5. The highest BCUT2D eigenvalue weighted by molar-refractivity contribution is 6.20. The van der Waals surface area contributed by atoms with Gasteiger partial charge in [-0.05, 0) is 0 Å². The molecule has 2 radical (unpaired) electrons. The van der Waals surface area contributed by atoms with Crippen molar-refractivity contribution in [3.63, 3.8) is 0 Å². The molecule has 0 spiro atoms. The summed E-state index contributed by atoms with van der Waals surface area (Å²) in [7, 11) is 0. The summed E-state index contributed by atoms with van der Waals surface area (Å²) in [5.41, 5.74) is 4.70. The highest BCUT2D eigenvalue weighted by atomic mass is 35.5. The van der Waals surface area contributed by atoms with Gasteiger partial charge in [0.15, 0.2) is 6.17 Å². The maximum atomic E-state index is 10.7. The van der Waals surface area contributed by atoms with Crippen LogP contribution in [-0.4, -0.2) is 40.8 Å². The zero-order valence-electron chi connectivity index (χ0n) is 6.74. The predicted molar refractivity (Wildman–Crippen MR) is 45.9 cm³/mol. The van der Waals surface area contributed by atoms with Crippen molar-refractivity contribution in [2.24, 2.45) is 5.73 Å². The number of nitrogens with two attached hydrogens (primary N) is 1. The van der Waals surface area contributed by atoms with Gasteiger partial charge in [-0.2, -0.15) is 0 Å². The molecule has 1 atom stereocenters. The lowest BCUT2D eigenvalue weighted by Crippen LogP contribution is -2.48. The number of carbonyl (C=O) groups is 3. The molecule has 14 heavy (non-hydrogen) atoms. The topological polar surface area (TPSA) is 123 Å². The van der Waals surface area contributed by atoms with Crippen LogP contribution < -0.4 is 21.7 Å². The van der Waals surface area contributed by atoms with Gasteiger partial charge >= 0.3 is 28.7 Å². The molecule has 1 unspecified atom stereocenters. The van der Waals surface area contributed by atoms with E-state index in [1.807, 2.05) is 27.3 Å². The van der Waals surface area contributed by atoms with Gasteiger partial charge in [-0.3, -0.25) is 10.1 Å². The van der Waals surface area contributed by atoms with Crippen molar-refractivity contribution in [1.29, 1.82) is 0 Å². The number of hydrogen-bond acceptors (Lipinski definition) is 4. The standard InChI is InChI=1S/C4H6N4O3.Al.ClO/c5-3(10)6-1-2(9)8-4(11)7-1;;1-2/h1H,(H3,5,6,10)(H2,7,8,9,11);;/q;+1;-1. The first-order valence-electron chi connectivity index (χ1n) is 3.16. The van der Waals surface area contributed by atoms with Crippen LogP contribution in [0.3, 0.4) is 0 Å². The predicted octanol–water partition coefficient (Wildman–Crippen LogP) is -1.94. The molecule has 0 aromatic heterocycles. The van der Waals surface area contributed by atoms with Gasteiger partial charge in [0.1, 0.15) is 0 Å². The maximum Gasteiger partial charge on any atom is 0.409 e. The minimum absolute atomic E-state index is 0.617. The first-order chi connectivity index (χ1) is 6.51. The Morgan fingerprint density at radius 2 is 2.14 bits per heavy atom. The SMILES string of the molecule is NC(=O)NC1NC(=O)NC1=O.[Al][O]Cl. The molecular weight excluding hydrogens is 231 g/mol. The average molecular weight is 237 g/mol. The van der Waals surface area contributed by atoms with Crippen LogP contribution in [0.2, 0.25) is 0 Å². The van der Waals surface area contributed by atoms with E-state index in [9.17, 15) is 14.4 Å². The summed E-state index contributed by atoms with van der Waals surface area (Å²) in [6.07, 6.45) is -1.04. The largest absolute Gasteiger partial charge is 0.433 e. The number of carbonyl (C=O) groups excluding carboxylic acids is 3. The smallest absolute Gasteiger partial charge is 0.409 e. The van der Waals surface area contributed by atoms with E-state index < -0.39 is 24.1 Å². The Labute approximate surface area is 92.4 Å². The number of nitrogens with one attached hydrogen (secondary N) is 3. The van der Waals surface area contributed by atoms with E-state index >= 15 is 0 Å². The molecule has 0 aliphatic carbocycles. The lowest BCUT2D eigenvalue weighted by Gasteiger charge is -2.05. The molecule has 0 saturated carbocycles. The van der Waals surface area contributed by atoms with Crippen molar-refractivity contribution in [2.75, 3.05) is 0 Å². The van der Waals surface area contributed by atoms with Crippen LogP contribution in [0.15, 0.2) is 0 Å². The van der Waals surface area contributed by atoms with E-state index in [0.717, 1.165) is 0 Å². The molecule has 0 bridgehead atoms. The van der Waals surface area contributed by atoms with Crippen LogP contribution >= 0.6 is 11.9 Å². The number of rotatable bonds is 1. The van der Waals surface area contributed by atoms with Crippen LogP contribution in [0.25, 0.3) is 0 Å². The van der Waals surface area contributed by atoms with Gasteiger partial charge in [-0.15, -0.1) is 0 Å². The molecule has 1 heterocycles. The van der Waals surface area contributed by atoms with Crippen molar-refractivity contribution in [3.8, 4) is 0 Å². The highest BCUT2D eigenvalue weighted by Gasteiger charge is 2.29. The third-order valence-electron chi connectivity index (χ3n) is 1.06. The van der Waals surface area contributed by atoms with Crippen molar-refractivity contribution in [3.05, 3.63) is 0 Å². The summed E-state index contributed by atoms with van der Waals surface area (Å²) < 4.78 is 3.64. The fourth-order valence-electron chi connectivity index (χ4n) is 0.661. The molecule has 1 fully saturated rings. The Morgan fingerprint density at radius 3 is 2.43 bits per heavy atom. The molecule has 1 rings (SSSR count). The summed E-state index contributed by atoms with van der Waals surface area (Å²) in [6.45, 7) is 0. The normalized spacial score (nSPS) is 18.8. The van der Waals surface area contributed by atoms with E-state index in [0.29, 0.717) is 0 Å². The number of urea groups is 2. The van der Waals surface area contributed by atoms with Gasteiger partial charge in [0.25, 0.3) is 5.91 Å². The van der Waals surface area contributed by atoms with Crippen molar-refractivity contribution in [2.45, 2.75) is 6.17 Å². The molecule has 5 amide bonds. The van der Waals surface area contributed by atoms with Gasteiger partial charge in [0, 0.05) is 11.9 Å². The lowest BCUT2D eigenvalue weighted by molar-refractivity contribution is -0.120. The quantitative estimate of drug-likeness (QED) is 0.312. The Kier molecular flexibility index (Phi) is 5.98. The van der Waals surface area contributed by atoms with Gasteiger partial charge in [0.2, 0.25) is 0 Å². The van der Waals surface area contributed by atoms with E-state index in [-0.39, 0.29) is 0 Å². The number of primary amides is 1. The Balaban J connectivity index is 0.000000500. The molecule has 1 aliphatic heterocycles. The van der Waals surface area contributed by atoms with Crippen LogP contribution in [0.1, 0.15) is 0 Å². The van der Waals surface area contributed by atoms with Crippen LogP contribution in [0, 0.1) is 0 Å². The minimum atomic E-state index is -1.04. The van der Waals surface area contributed by atoms with Crippen molar-refractivity contribution in [1.82, 2.24) is 16.0 Å². The Bertz CT molecular complexity index is 249. The number of amides is 5. The van der Waals surface area contributed by atoms with Crippen LogP contribution in [-0.2, 0) is 8.14 Å². The van der Waals surface area contributed by atoms with Gasteiger partial charge in [0.05, 0.1) is 0 Å². The number of halogens is 1. The molecule has 0 aromatic rings. The molecule has 1 saturated heterocycles.